The third-order valence-electron chi connectivity index (χ3n) is 11.2. The van der Waals surface area contributed by atoms with E-state index in [4.69, 9.17) is 15.2 Å². The summed E-state index contributed by atoms with van der Waals surface area (Å²) >= 11 is 0. The van der Waals surface area contributed by atoms with Crippen molar-refractivity contribution in [3.8, 4) is 11.5 Å². The van der Waals surface area contributed by atoms with E-state index in [1.54, 1.807) is 12.1 Å². The van der Waals surface area contributed by atoms with Crippen LogP contribution in [0.15, 0.2) is 118 Å². The van der Waals surface area contributed by atoms with Crippen LogP contribution in [0.2, 0.25) is 0 Å². The predicted octanol–water partition coefficient (Wildman–Crippen LogP) is 15.5. The van der Waals surface area contributed by atoms with Crippen LogP contribution in [0.4, 0.5) is 51.2 Å². The minimum absolute atomic E-state index is 0.130. The summed E-state index contributed by atoms with van der Waals surface area (Å²) < 4.78 is 12.8. The van der Waals surface area contributed by atoms with E-state index in [1.807, 2.05) is 75.3 Å². The summed E-state index contributed by atoms with van der Waals surface area (Å²) in [6, 6.07) is 28.8. The van der Waals surface area contributed by atoms with Gasteiger partial charge in [-0.1, -0.05) is 90.5 Å². The van der Waals surface area contributed by atoms with E-state index in [1.165, 1.54) is 22.9 Å². The lowest BCUT2D eigenvalue weighted by Gasteiger charge is -2.19. The molecule has 0 aliphatic carbocycles. The van der Waals surface area contributed by atoms with Crippen LogP contribution in [0.1, 0.15) is 95.8 Å². The third-order valence-corrected chi connectivity index (χ3v) is 11.2. The second-order valence-corrected chi connectivity index (χ2v) is 17.3. The molecule has 15 heteroatoms. The zero-order chi connectivity index (χ0) is 50.2. The van der Waals surface area contributed by atoms with Crippen molar-refractivity contribution < 1.29 is 19.3 Å². The number of nitrogens with zero attached hydrogens (tertiary/aromatic N) is 8. The highest BCUT2D eigenvalue weighted by atomic mass is 16.6. The molecule has 0 aromatic heterocycles. The van der Waals surface area contributed by atoms with Gasteiger partial charge in [-0.25, -0.2) is 0 Å². The first-order valence-corrected chi connectivity index (χ1v) is 23.5. The number of nitro groups is 2. The van der Waals surface area contributed by atoms with Gasteiger partial charge in [0.1, 0.15) is 22.9 Å². The molecule has 0 aliphatic rings. The number of unbranched alkanes of at least 4 members (excludes halogenated alkanes) is 2. The van der Waals surface area contributed by atoms with E-state index in [0.29, 0.717) is 47.9 Å². The van der Waals surface area contributed by atoms with Crippen LogP contribution in [-0.4, -0.2) is 51.3 Å². The molecule has 0 saturated carbocycles. The van der Waals surface area contributed by atoms with Gasteiger partial charge in [0.05, 0.1) is 34.8 Å². The molecule has 0 aliphatic heterocycles. The molecule has 5 aromatic carbocycles. The van der Waals surface area contributed by atoms with Crippen LogP contribution in [0.25, 0.3) is 0 Å². The zero-order valence-corrected chi connectivity index (χ0v) is 42.1. The Morgan fingerprint density at radius 3 is 1.47 bits per heavy atom. The molecular weight excluding hydrogens is 859 g/mol. The normalized spacial score (nSPS) is 11.8. The minimum atomic E-state index is -0.718. The lowest BCUT2D eigenvalue weighted by atomic mass is 10.0. The summed E-state index contributed by atoms with van der Waals surface area (Å²) in [4.78, 5) is 25.8. The molecule has 0 radical (unpaired) electrons. The molecule has 0 fully saturated rings. The van der Waals surface area contributed by atoms with E-state index in [-0.39, 0.29) is 11.4 Å². The van der Waals surface area contributed by atoms with Crippen LogP contribution >= 0.6 is 0 Å². The van der Waals surface area contributed by atoms with Gasteiger partial charge in [-0.15, -0.1) is 15.3 Å². The molecule has 0 amide bonds. The van der Waals surface area contributed by atoms with Crippen LogP contribution in [0.5, 0.6) is 11.5 Å². The number of nitro benzene ring substituents is 2. The monoisotopic (exact) mass is 932 g/mol. The Morgan fingerprint density at radius 2 is 1.06 bits per heavy atom. The number of hydrogen-bond acceptors (Lipinski definition) is 13. The Labute approximate surface area is 403 Å². The molecule has 0 heterocycles. The predicted molar refractivity (Wildman–Crippen MR) is 279 cm³/mol. The lowest BCUT2D eigenvalue weighted by Crippen LogP contribution is -2.12. The Bertz CT molecular complexity index is 2400. The quantitative estimate of drug-likeness (QED) is 0.0305. The summed E-state index contributed by atoms with van der Waals surface area (Å²) in [6.07, 6.45) is 8.23. The zero-order valence-electron chi connectivity index (χ0n) is 42.1. The number of azo groups is 2. The van der Waals surface area contributed by atoms with Crippen LogP contribution in [0, 0.1) is 52.8 Å². The molecule has 2 atom stereocenters. The maximum atomic E-state index is 11.8. The van der Waals surface area contributed by atoms with Crippen molar-refractivity contribution in [3.05, 3.63) is 134 Å². The highest BCUT2D eigenvalue weighted by molar-refractivity contribution is 5.68. The van der Waals surface area contributed by atoms with Gasteiger partial charge >= 0.3 is 5.69 Å². The number of rotatable bonds is 22. The second kappa shape index (κ2) is 29.0. The van der Waals surface area contributed by atoms with Gasteiger partial charge in [0, 0.05) is 63.5 Å². The van der Waals surface area contributed by atoms with Crippen LogP contribution < -0.4 is 25.0 Å². The summed E-state index contributed by atoms with van der Waals surface area (Å²) in [7, 11) is 8.06. The van der Waals surface area contributed by atoms with E-state index >= 15 is 0 Å². The number of nitrogens with two attached hydrogens (primary N) is 1. The standard InChI is InChI=1S/C37H51N7O6.C9H13N.C7H9N/c1-8-12-14-27(10-3)24-49-36-23-34(41-39-32-19-17-30(43(45)46)21-35(32)44(47)48)37(50-25-28(11-4)15-13-9-2)22-33(36)40-38-31-18-16-29(42(6)7)20-26(31)5;1-8-5-4-6-9(7-8)10(2)3;1-6-3-2-4-7(8)5-6/h16-23,27-28H,8-15,24-25H2,1-7H3;4-7H,1-3H3;2-5H,8H2,1H3. The molecule has 5 aromatic rings. The van der Waals surface area contributed by atoms with Gasteiger partial charge in [-0.3, -0.25) is 20.2 Å². The summed E-state index contributed by atoms with van der Waals surface area (Å²) in [5.41, 5.74) is 12.5. The average Bonchev–Trinajstić information content (AvgIpc) is 3.31. The number of benzene rings is 5. The Morgan fingerprint density at radius 1 is 0.574 bits per heavy atom. The van der Waals surface area contributed by atoms with Gasteiger partial charge < -0.3 is 25.0 Å². The van der Waals surface area contributed by atoms with Crippen molar-refractivity contribution in [1.29, 1.82) is 0 Å². The van der Waals surface area contributed by atoms with Gasteiger partial charge in [0.15, 0.2) is 5.69 Å². The maximum absolute atomic E-state index is 11.8. The number of nitrogen functional groups attached to an aromatic ring is 1. The molecule has 0 saturated heterocycles. The first-order valence-electron chi connectivity index (χ1n) is 23.5. The summed E-state index contributed by atoms with van der Waals surface area (Å²) in [5, 5.41) is 40.9. The van der Waals surface area contributed by atoms with Crippen molar-refractivity contribution in [2.45, 2.75) is 99.8 Å². The van der Waals surface area contributed by atoms with Crippen LogP contribution in [-0.2, 0) is 0 Å². The fourth-order valence-electron chi connectivity index (χ4n) is 6.82. The summed E-state index contributed by atoms with van der Waals surface area (Å²) in [5.74, 6) is 1.42. The van der Waals surface area contributed by atoms with Gasteiger partial charge in [-0.2, -0.15) is 5.11 Å². The number of aryl methyl sites for hydroxylation is 3. The van der Waals surface area contributed by atoms with Crippen molar-refractivity contribution >= 4 is 51.2 Å². The number of ether oxygens (including phenoxy) is 2. The molecule has 2 unspecified atom stereocenters. The topological polar surface area (TPSA) is 187 Å². The molecule has 68 heavy (non-hydrogen) atoms. The third kappa shape index (κ3) is 18.8. The molecule has 366 valence electrons. The molecule has 0 spiro atoms. The van der Waals surface area contributed by atoms with Gasteiger partial charge in [-0.05, 0) is 111 Å². The average molecular weight is 932 g/mol. The first-order chi connectivity index (χ1) is 32.5. The van der Waals surface area contributed by atoms with Crippen LogP contribution in [0.3, 0.4) is 0 Å². The van der Waals surface area contributed by atoms with Gasteiger partial charge in [0.25, 0.3) is 5.69 Å². The van der Waals surface area contributed by atoms with Gasteiger partial charge in [0.2, 0.25) is 0 Å². The summed E-state index contributed by atoms with van der Waals surface area (Å²) in [6.45, 7) is 15.6. The Hall–Kier alpha value is -6.90. The molecule has 0 bridgehead atoms. The van der Waals surface area contributed by atoms with Crippen molar-refractivity contribution in [1.82, 2.24) is 0 Å². The SMILES string of the molecule is CCCCC(CC)COc1cc(N=Nc2ccc([N+](=O)[O-])cc2[N+](=O)[O-])c(OCC(CC)CCCC)cc1N=Nc1ccc(N(C)C)cc1C.Cc1cccc(N(C)C)c1.Cc1cccc(N)c1. The van der Waals surface area contributed by atoms with Crippen molar-refractivity contribution in [2.75, 3.05) is 56.9 Å². The largest absolute Gasteiger partial charge is 0.491 e. The highest BCUT2D eigenvalue weighted by Gasteiger charge is 2.21. The smallest absolute Gasteiger partial charge is 0.303 e. The number of non-ortho nitro benzene ring substituents is 1. The minimum Gasteiger partial charge on any atom is -0.491 e. The highest BCUT2D eigenvalue weighted by Crippen LogP contribution is 2.43. The van der Waals surface area contributed by atoms with Crippen molar-refractivity contribution in [2.24, 2.45) is 32.3 Å². The second-order valence-electron chi connectivity index (χ2n) is 17.3. The van der Waals surface area contributed by atoms with E-state index in [0.717, 1.165) is 80.4 Å². The lowest BCUT2D eigenvalue weighted by molar-refractivity contribution is -0.393. The first kappa shape index (κ1) is 55.4. The number of anilines is 3. The molecular formula is C53H73N9O6. The van der Waals surface area contributed by atoms with E-state index < -0.39 is 21.2 Å². The fraction of sp³-hybridized carbons (Fsp3) is 0.434. The van der Waals surface area contributed by atoms with Crippen molar-refractivity contribution in [3.63, 3.8) is 0 Å². The molecule has 15 nitrogen and oxygen atoms in total. The molecule has 2 N–H and O–H groups in total. The maximum Gasteiger partial charge on any atom is 0.303 e. The van der Waals surface area contributed by atoms with E-state index in [9.17, 15) is 20.2 Å². The van der Waals surface area contributed by atoms with E-state index in [2.05, 4.69) is 98.3 Å². The number of hydrogen-bond donors (Lipinski definition) is 1. The molecule has 5 rings (SSSR count). The Balaban J connectivity index is 0.000000559. The Kier molecular flexibility index (Phi) is 23.6. The fourth-order valence-corrected chi connectivity index (χ4v) is 6.82.